The fraction of sp³-hybridized carbons (Fsp3) is 0. The number of rotatable bonds is 4. The zero-order chi connectivity index (χ0) is 30.6. The van der Waals surface area contributed by atoms with E-state index in [9.17, 15) is 0 Å². The van der Waals surface area contributed by atoms with Crippen molar-refractivity contribution in [2.75, 3.05) is 0 Å². The van der Waals surface area contributed by atoms with Crippen molar-refractivity contribution in [2.24, 2.45) is 0 Å². The summed E-state index contributed by atoms with van der Waals surface area (Å²) in [5, 5.41) is 4.85. The highest BCUT2D eigenvalue weighted by Crippen LogP contribution is 2.42. The van der Waals surface area contributed by atoms with Gasteiger partial charge in [-0.15, -0.1) is 11.3 Å². The molecule has 46 heavy (non-hydrogen) atoms. The maximum Gasteiger partial charge on any atom is 0.211 e. The van der Waals surface area contributed by atoms with Crippen molar-refractivity contribution in [1.29, 1.82) is 0 Å². The van der Waals surface area contributed by atoms with E-state index in [0.717, 1.165) is 44.8 Å². The third-order valence-corrected chi connectivity index (χ3v) is 9.76. The molecule has 0 fully saturated rings. The summed E-state index contributed by atoms with van der Waals surface area (Å²) in [6, 6.07) is 50.0. The Morgan fingerprint density at radius 2 is 1.17 bits per heavy atom. The fourth-order valence-corrected chi connectivity index (χ4v) is 7.60. The lowest BCUT2D eigenvalue weighted by atomic mass is 10.1. The molecule has 0 bridgehead atoms. The van der Waals surface area contributed by atoms with E-state index in [-0.39, 0.29) is 0 Å². The lowest BCUT2D eigenvalue weighted by molar-refractivity contribution is 1.17. The molecule has 0 amide bonds. The first-order valence-electron chi connectivity index (χ1n) is 15.1. The third kappa shape index (κ3) is 4.20. The second kappa shape index (κ2) is 10.5. The van der Waals surface area contributed by atoms with Crippen LogP contribution in [0.1, 0.15) is 0 Å². The van der Waals surface area contributed by atoms with Crippen molar-refractivity contribution >= 4 is 59.0 Å². The van der Waals surface area contributed by atoms with E-state index in [2.05, 4.69) is 94.3 Å². The van der Waals surface area contributed by atoms with E-state index < -0.39 is 0 Å². The molecule has 0 radical (unpaired) electrons. The Morgan fingerprint density at radius 1 is 0.500 bits per heavy atom. The van der Waals surface area contributed by atoms with E-state index in [1.54, 1.807) is 0 Å². The van der Waals surface area contributed by atoms with Crippen molar-refractivity contribution in [1.82, 2.24) is 14.5 Å². The number of thiophene rings is 1. The zero-order valence-corrected chi connectivity index (χ0v) is 25.4. The van der Waals surface area contributed by atoms with Gasteiger partial charge < -0.3 is 4.57 Å². The number of hydrogen-bond acceptors (Lipinski definition) is 3. The molecule has 0 spiro atoms. The van der Waals surface area contributed by atoms with Gasteiger partial charge in [0.25, 0.3) is 0 Å². The summed E-state index contributed by atoms with van der Waals surface area (Å²) < 4.78 is 4.80. The van der Waals surface area contributed by atoms with Crippen molar-refractivity contribution in [3.8, 4) is 39.6 Å². The maximum absolute atomic E-state index is 8.31. The smallest absolute Gasteiger partial charge is 0.211 e. The number of nitrogens with zero attached hydrogens (tertiary/aromatic N) is 4. The van der Waals surface area contributed by atoms with Gasteiger partial charge in [0, 0.05) is 42.1 Å². The summed E-state index contributed by atoms with van der Waals surface area (Å²) >= 11 is 1.83. The Labute approximate surface area is 269 Å². The Kier molecular flexibility index (Phi) is 6.02. The summed E-state index contributed by atoms with van der Waals surface area (Å²) in [6.07, 6.45) is 0. The van der Waals surface area contributed by atoms with Crippen LogP contribution in [0.5, 0.6) is 0 Å². The zero-order valence-electron chi connectivity index (χ0n) is 24.6. The summed E-state index contributed by atoms with van der Waals surface area (Å²) in [5.41, 5.74) is 8.04. The average Bonchev–Trinajstić information content (AvgIpc) is 3.65. The van der Waals surface area contributed by atoms with Crippen molar-refractivity contribution in [3.05, 3.63) is 157 Å². The first kappa shape index (κ1) is 26.3. The van der Waals surface area contributed by atoms with Crippen LogP contribution in [0.3, 0.4) is 0 Å². The predicted octanol–water partition coefficient (Wildman–Crippen LogP) is 11.5. The number of aromatic nitrogens is 3. The summed E-state index contributed by atoms with van der Waals surface area (Å²) in [6.45, 7) is 8.31. The quantitative estimate of drug-likeness (QED) is 0.187. The molecule has 0 N–H and O–H groups in total. The summed E-state index contributed by atoms with van der Waals surface area (Å²) in [4.78, 5) is 14.0. The molecule has 6 aromatic carbocycles. The lowest BCUT2D eigenvalue weighted by Crippen LogP contribution is -1.97. The molecule has 0 aliphatic carbocycles. The molecule has 9 aromatic rings. The fourth-order valence-electron chi connectivity index (χ4n) is 6.48. The van der Waals surface area contributed by atoms with E-state index >= 15 is 0 Å². The Bertz CT molecular complexity index is 2590. The SMILES string of the molecule is [C-]#[N+]c1cc(-c2cc(-c3ccccc3)nc(-c3ccccc3)n2)ccc1-n1c2ccccc2c2cc3sc4ccccc4c3cc21. The van der Waals surface area contributed by atoms with Gasteiger partial charge in [-0.3, -0.25) is 0 Å². The standard InChI is InChI=1S/C41H24N4S/c1-42-35-22-28(34-25-33(26-12-4-2-5-13-26)43-41(44-34)27-14-6-3-7-15-27)20-21-37(35)45-36-18-10-8-16-29(36)31-24-40-32(23-38(31)45)30-17-9-11-19-39(30)46-40/h2-25H. The van der Waals surface area contributed by atoms with Crippen LogP contribution in [0, 0.1) is 6.57 Å². The van der Waals surface area contributed by atoms with Gasteiger partial charge in [0.15, 0.2) is 5.82 Å². The second-order valence-electron chi connectivity index (χ2n) is 11.3. The molecule has 4 nitrogen and oxygen atoms in total. The van der Waals surface area contributed by atoms with Gasteiger partial charge in [-0.1, -0.05) is 103 Å². The van der Waals surface area contributed by atoms with Crippen LogP contribution >= 0.6 is 11.3 Å². The monoisotopic (exact) mass is 604 g/mol. The first-order chi connectivity index (χ1) is 22.7. The number of benzene rings is 6. The average molecular weight is 605 g/mol. The normalized spacial score (nSPS) is 11.5. The molecular weight excluding hydrogens is 581 g/mol. The molecule has 3 aromatic heterocycles. The molecule has 3 heterocycles. The van der Waals surface area contributed by atoms with Crippen molar-refractivity contribution in [2.45, 2.75) is 0 Å². The van der Waals surface area contributed by atoms with Gasteiger partial charge in [-0.2, -0.15) is 0 Å². The molecule has 9 rings (SSSR count). The van der Waals surface area contributed by atoms with Crippen LogP contribution in [-0.4, -0.2) is 14.5 Å². The number of para-hydroxylation sites is 1. The molecule has 214 valence electrons. The number of fused-ring (bicyclic) bond motifs is 6. The molecule has 0 saturated heterocycles. The van der Waals surface area contributed by atoms with Gasteiger partial charge in [-0.25, -0.2) is 14.8 Å². The Balaban J connectivity index is 1.26. The van der Waals surface area contributed by atoms with E-state index in [0.29, 0.717) is 11.5 Å². The van der Waals surface area contributed by atoms with Gasteiger partial charge in [0.05, 0.1) is 34.7 Å². The lowest BCUT2D eigenvalue weighted by Gasteiger charge is -2.13. The topological polar surface area (TPSA) is 35.1 Å². The van der Waals surface area contributed by atoms with Gasteiger partial charge in [0.1, 0.15) is 0 Å². The Hall–Kier alpha value is -6.09. The molecule has 0 atom stereocenters. The molecule has 0 aliphatic heterocycles. The minimum absolute atomic E-state index is 0.566. The minimum Gasteiger partial charge on any atom is -0.319 e. The minimum atomic E-state index is 0.566. The van der Waals surface area contributed by atoms with Gasteiger partial charge >= 0.3 is 0 Å². The van der Waals surface area contributed by atoms with Crippen LogP contribution in [0.2, 0.25) is 0 Å². The highest BCUT2D eigenvalue weighted by molar-refractivity contribution is 7.25. The first-order valence-corrected chi connectivity index (χ1v) is 15.9. The van der Waals surface area contributed by atoms with Crippen LogP contribution in [0.15, 0.2) is 146 Å². The number of hydrogen-bond donors (Lipinski definition) is 0. The van der Waals surface area contributed by atoms with Crippen molar-refractivity contribution in [3.63, 3.8) is 0 Å². The predicted molar refractivity (Wildman–Crippen MR) is 192 cm³/mol. The van der Waals surface area contributed by atoms with Crippen LogP contribution in [-0.2, 0) is 0 Å². The highest BCUT2D eigenvalue weighted by atomic mass is 32.1. The van der Waals surface area contributed by atoms with E-state index in [1.165, 1.54) is 30.9 Å². The Morgan fingerprint density at radius 3 is 1.96 bits per heavy atom. The van der Waals surface area contributed by atoms with Crippen LogP contribution < -0.4 is 0 Å². The summed E-state index contributed by atoms with van der Waals surface area (Å²) in [7, 11) is 0. The molecule has 5 heteroatoms. The molecule has 0 unspecified atom stereocenters. The largest absolute Gasteiger partial charge is 0.319 e. The van der Waals surface area contributed by atoms with Gasteiger partial charge in [0.2, 0.25) is 5.69 Å². The second-order valence-corrected chi connectivity index (χ2v) is 12.4. The maximum atomic E-state index is 8.31. The molecular formula is C41H24N4S. The van der Waals surface area contributed by atoms with Crippen molar-refractivity contribution < 1.29 is 0 Å². The van der Waals surface area contributed by atoms with Gasteiger partial charge in [-0.05, 0) is 48.0 Å². The molecule has 0 aliphatic rings. The van der Waals surface area contributed by atoms with E-state index in [4.69, 9.17) is 16.5 Å². The van der Waals surface area contributed by atoms with Crippen LogP contribution in [0.4, 0.5) is 5.69 Å². The third-order valence-electron chi connectivity index (χ3n) is 8.63. The highest BCUT2D eigenvalue weighted by Gasteiger charge is 2.19. The van der Waals surface area contributed by atoms with E-state index in [1.807, 2.05) is 72.0 Å². The molecule has 0 saturated carbocycles. The van der Waals surface area contributed by atoms with Crippen LogP contribution in [0.25, 0.3) is 86.4 Å². The summed E-state index contributed by atoms with van der Waals surface area (Å²) in [5.74, 6) is 0.653.